The number of alkyl halides is 1. The first-order valence-electron chi connectivity index (χ1n) is 6.81. The molecule has 21 heavy (non-hydrogen) atoms. The van der Waals surface area contributed by atoms with E-state index in [0.717, 1.165) is 12.6 Å². The number of hydrogen-bond acceptors (Lipinski definition) is 3. The Hall–Kier alpha value is -0.740. The van der Waals surface area contributed by atoms with Crippen LogP contribution in [0.3, 0.4) is 0 Å². The molecule has 2 amide bonds. The first-order valence-corrected chi connectivity index (χ1v) is 10.3. The van der Waals surface area contributed by atoms with Crippen LogP contribution in [0.15, 0.2) is 24.0 Å². The summed E-state index contributed by atoms with van der Waals surface area (Å²) in [7, 11) is 0. The molecule has 2 aliphatic rings. The van der Waals surface area contributed by atoms with Gasteiger partial charge in [-0.15, -0.1) is 24.8 Å². The molecule has 0 radical (unpaired) electrons. The average molecular weight is 333 g/mol. The van der Waals surface area contributed by atoms with Gasteiger partial charge in [-0.25, -0.2) is 4.79 Å². The van der Waals surface area contributed by atoms with E-state index in [-0.39, 0.29) is 12.1 Å². The molecule has 4 atom stereocenters. The van der Waals surface area contributed by atoms with Gasteiger partial charge in [0.2, 0.25) is 0 Å². The summed E-state index contributed by atoms with van der Waals surface area (Å²) in [6.07, 6.45) is 5.81. The molecule has 0 spiro atoms. The zero-order valence-electron chi connectivity index (χ0n) is 12.3. The number of amides is 2. The molecule has 0 bridgehead atoms. The van der Waals surface area contributed by atoms with Crippen molar-refractivity contribution in [1.82, 2.24) is 10.6 Å². The van der Waals surface area contributed by atoms with Crippen molar-refractivity contribution in [3.05, 3.63) is 24.0 Å². The molecule has 1 saturated heterocycles. The lowest BCUT2D eigenvalue weighted by Gasteiger charge is -2.24. The second-order valence-electron chi connectivity index (χ2n) is 6.15. The Morgan fingerprint density at radius 1 is 1.52 bits per heavy atom. The fourth-order valence-corrected chi connectivity index (χ4v) is 3.73. The lowest BCUT2D eigenvalue weighted by atomic mass is 10.0. The number of hydrogen-bond donors (Lipinski definition) is 3. The first kappa shape index (κ1) is 16.6. The summed E-state index contributed by atoms with van der Waals surface area (Å²) in [6.45, 7) is 6.92. The normalized spacial score (nSPS) is 33.4. The SMILES string of the molecule is C=C1NC(=O)NC=C1C1OC(CCP(=C)(C)C)[C@@H](O)[C@H]1Cl. The van der Waals surface area contributed by atoms with Crippen LogP contribution < -0.4 is 10.6 Å². The molecule has 5 nitrogen and oxygen atoms in total. The molecular formula is C14H22ClN2O3P. The maximum absolute atomic E-state index is 11.2. The van der Waals surface area contributed by atoms with Crippen LogP contribution in [0.4, 0.5) is 4.79 Å². The molecule has 0 aliphatic carbocycles. The molecule has 2 unspecified atom stereocenters. The Bertz CT molecular complexity index is 528. The molecule has 0 aromatic heterocycles. The summed E-state index contributed by atoms with van der Waals surface area (Å²) in [4.78, 5) is 11.2. The lowest BCUT2D eigenvalue weighted by molar-refractivity contribution is 0.0202. The van der Waals surface area contributed by atoms with Gasteiger partial charge >= 0.3 is 6.03 Å². The van der Waals surface area contributed by atoms with Crippen LogP contribution >= 0.6 is 18.5 Å². The third-order valence-electron chi connectivity index (χ3n) is 3.61. The first-order chi connectivity index (χ1) is 9.69. The molecule has 1 fully saturated rings. The number of ether oxygens (including phenoxy) is 1. The highest BCUT2D eigenvalue weighted by molar-refractivity contribution is 7.72. The number of halogens is 1. The molecule has 0 aromatic rings. The summed E-state index contributed by atoms with van der Waals surface area (Å²) >= 11 is 6.30. The smallest absolute Gasteiger partial charge is 0.323 e. The van der Waals surface area contributed by atoms with E-state index in [4.69, 9.17) is 16.3 Å². The fourth-order valence-electron chi connectivity index (χ4n) is 2.42. The molecule has 118 valence electrons. The Morgan fingerprint density at radius 3 is 2.76 bits per heavy atom. The minimum Gasteiger partial charge on any atom is -0.389 e. The van der Waals surface area contributed by atoms with Crippen molar-refractivity contribution >= 4 is 30.8 Å². The molecule has 3 N–H and O–H groups in total. The summed E-state index contributed by atoms with van der Waals surface area (Å²) < 4.78 is 5.91. The number of carbonyl (C=O) groups is 1. The molecule has 2 heterocycles. The van der Waals surface area contributed by atoms with Crippen molar-refractivity contribution in [3.63, 3.8) is 0 Å². The van der Waals surface area contributed by atoms with Crippen LogP contribution in [0.1, 0.15) is 6.42 Å². The topological polar surface area (TPSA) is 70.6 Å². The standard InChI is InChI=1S/C14H22ClN2O3P/c1-8-9(7-16-14(19)17-8)13-11(15)12(18)10(20-13)5-6-21(2,3)4/h7,10-13,18H,1-2,5-6H2,3-4H3,(H2,16,17,19)/t10?,11-,12-,13?/m1/s1. The zero-order chi connectivity index (χ0) is 15.8. The average Bonchev–Trinajstić information content (AvgIpc) is 2.64. The Morgan fingerprint density at radius 2 is 2.19 bits per heavy atom. The van der Waals surface area contributed by atoms with Gasteiger partial charge < -0.3 is 20.5 Å². The predicted octanol–water partition coefficient (Wildman–Crippen LogP) is 1.53. The Labute approximate surface area is 130 Å². The summed E-state index contributed by atoms with van der Waals surface area (Å²) in [5, 5.41) is 14.8. The summed E-state index contributed by atoms with van der Waals surface area (Å²) in [6, 6.07) is -0.339. The quantitative estimate of drug-likeness (QED) is 0.540. The Balaban J connectivity index is 2.08. The maximum atomic E-state index is 11.2. The summed E-state index contributed by atoms with van der Waals surface area (Å²) in [5.41, 5.74) is 1.12. The van der Waals surface area contributed by atoms with Gasteiger partial charge in [0.15, 0.2) is 0 Å². The van der Waals surface area contributed by atoms with Crippen LogP contribution in [0, 0.1) is 0 Å². The van der Waals surface area contributed by atoms with Crippen molar-refractivity contribution in [2.24, 2.45) is 0 Å². The van der Waals surface area contributed by atoms with Crippen LogP contribution in [0.25, 0.3) is 0 Å². The van der Waals surface area contributed by atoms with Gasteiger partial charge in [0.25, 0.3) is 0 Å². The largest absolute Gasteiger partial charge is 0.389 e. The van der Waals surface area contributed by atoms with Gasteiger partial charge in [-0.3, -0.25) is 0 Å². The number of carbonyl (C=O) groups excluding carboxylic acids is 1. The highest BCUT2D eigenvalue weighted by atomic mass is 35.5. The maximum Gasteiger partial charge on any atom is 0.323 e. The number of aliphatic hydroxyl groups excluding tert-OH is 1. The highest BCUT2D eigenvalue weighted by Gasteiger charge is 2.45. The van der Waals surface area contributed by atoms with Gasteiger partial charge in [0.1, 0.15) is 6.10 Å². The van der Waals surface area contributed by atoms with E-state index in [1.54, 1.807) is 0 Å². The lowest BCUT2D eigenvalue weighted by Crippen LogP contribution is -2.40. The number of aliphatic hydroxyl groups is 1. The van der Waals surface area contributed by atoms with Crippen LogP contribution in [0.5, 0.6) is 0 Å². The fraction of sp³-hybridized carbons (Fsp3) is 0.571. The highest BCUT2D eigenvalue weighted by Crippen LogP contribution is 2.40. The number of nitrogens with one attached hydrogen (secondary N) is 2. The van der Waals surface area contributed by atoms with Gasteiger partial charge in [-0.2, -0.15) is 0 Å². The molecule has 0 saturated carbocycles. The molecule has 7 heteroatoms. The van der Waals surface area contributed by atoms with Crippen molar-refractivity contribution in [3.8, 4) is 0 Å². The van der Waals surface area contributed by atoms with E-state index in [1.165, 1.54) is 6.20 Å². The molecular weight excluding hydrogens is 311 g/mol. The molecule has 2 aliphatic heterocycles. The van der Waals surface area contributed by atoms with Gasteiger partial charge in [-0.05, 0) is 25.9 Å². The van der Waals surface area contributed by atoms with Crippen LogP contribution in [-0.4, -0.2) is 60.6 Å². The molecule has 2 rings (SSSR count). The van der Waals surface area contributed by atoms with Gasteiger partial charge in [0.05, 0.1) is 17.6 Å². The van der Waals surface area contributed by atoms with Gasteiger partial charge in [-0.1, -0.05) is 6.58 Å². The minimum absolute atomic E-state index is 0.315. The van der Waals surface area contributed by atoms with Crippen molar-refractivity contribution in [2.75, 3.05) is 19.5 Å². The second-order valence-corrected chi connectivity index (χ2v) is 11.0. The van der Waals surface area contributed by atoms with E-state index in [0.29, 0.717) is 11.3 Å². The van der Waals surface area contributed by atoms with Crippen molar-refractivity contribution < 1.29 is 14.6 Å². The molecule has 0 aromatic carbocycles. The predicted molar refractivity (Wildman–Crippen MR) is 88.6 cm³/mol. The third kappa shape index (κ3) is 3.92. The zero-order valence-corrected chi connectivity index (χ0v) is 14.0. The van der Waals surface area contributed by atoms with E-state index in [2.05, 4.69) is 36.8 Å². The van der Waals surface area contributed by atoms with Crippen molar-refractivity contribution in [2.45, 2.75) is 30.1 Å². The third-order valence-corrected chi connectivity index (χ3v) is 5.57. The minimum atomic E-state index is -1.17. The monoisotopic (exact) mass is 332 g/mol. The summed E-state index contributed by atoms with van der Waals surface area (Å²) in [5.74, 6) is 0. The van der Waals surface area contributed by atoms with E-state index >= 15 is 0 Å². The number of urea groups is 1. The van der Waals surface area contributed by atoms with Crippen LogP contribution in [-0.2, 0) is 4.74 Å². The van der Waals surface area contributed by atoms with Gasteiger partial charge in [0, 0.05) is 17.5 Å². The second kappa shape index (κ2) is 6.17. The van der Waals surface area contributed by atoms with E-state index in [1.807, 2.05) is 0 Å². The van der Waals surface area contributed by atoms with Crippen LogP contribution in [0.2, 0.25) is 0 Å². The van der Waals surface area contributed by atoms with Crippen molar-refractivity contribution in [1.29, 1.82) is 0 Å². The van der Waals surface area contributed by atoms with E-state index in [9.17, 15) is 9.90 Å². The number of rotatable bonds is 4. The van der Waals surface area contributed by atoms with E-state index < -0.39 is 24.5 Å². The Kier molecular flexibility index (Phi) is 4.89.